The molecule has 1 aliphatic heterocycles. The van der Waals surface area contributed by atoms with Gasteiger partial charge < -0.3 is 15.0 Å². The van der Waals surface area contributed by atoms with E-state index in [0.717, 1.165) is 5.75 Å². The molecule has 1 aromatic heterocycles. The molecule has 0 bridgehead atoms. The van der Waals surface area contributed by atoms with Crippen LogP contribution in [0.4, 0.5) is 5.69 Å². The number of nitro groups is 1. The van der Waals surface area contributed by atoms with Crippen molar-refractivity contribution in [3.8, 4) is 0 Å². The lowest BCUT2D eigenvalue weighted by Crippen LogP contribution is -2.47. The van der Waals surface area contributed by atoms with Gasteiger partial charge in [-0.25, -0.2) is 0 Å². The van der Waals surface area contributed by atoms with E-state index in [0.29, 0.717) is 23.2 Å². The molecule has 0 aliphatic carbocycles. The van der Waals surface area contributed by atoms with Crippen LogP contribution in [0.1, 0.15) is 16.9 Å². The van der Waals surface area contributed by atoms with Gasteiger partial charge in [-0.3, -0.25) is 19.7 Å². The van der Waals surface area contributed by atoms with E-state index in [9.17, 15) is 19.7 Å². The molecule has 2 aromatic rings. The molecule has 1 aliphatic rings. The maximum Gasteiger partial charge on any atom is 0.305 e. The van der Waals surface area contributed by atoms with Crippen LogP contribution >= 0.6 is 11.8 Å². The minimum atomic E-state index is -0.951. The number of nitrogens with zero attached hydrogens (tertiary/aromatic N) is 2. The van der Waals surface area contributed by atoms with Crippen molar-refractivity contribution in [3.63, 3.8) is 0 Å². The summed E-state index contributed by atoms with van der Waals surface area (Å²) in [7, 11) is 0. The third-order valence-electron chi connectivity index (χ3n) is 3.96. The van der Waals surface area contributed by atoms with E-state index < -0.39 is 10.9 Å². The highest BCUT2D eigenvalue weighted by Gasteiger charge is 2.30. The van der Waals surface area contributed by atoms with Crippen LogP contribution in [0.3, 0.4) is 0 Å². The third-order valence-corrected chi connectivity index (χ3v) is 5.05. The van der Waals surface area contributed by atoms with Crippen LogP contribution in [0, 0.1) is 10.1 Å². The molecule has 8 nitrogen and oxygen atoms in total. The molecule has 1 saturated heterocycles. The highest BCUT2D eigenvalue weighted by molar-refractivity contribution is 7.99. The van der Waals surface area contributed by atoms with Gasteiger partial charge in [0.05, 0.1) is 17.4 Å². The molecule has 2 heterocycles. The van der Waals surface area contributed by atoms with Crippen LogP contribution < -0.4 is 0 Å². The first kappa shape index (κ1) is 16.3. The zero-order chi connectivity index (χ0) is 17.3. The van der Waals surface area contributed by atoms with E-state index in [4.69, 9.17) is 5.11 Å². The smallest absolute Gasteiger partial charge is 0.305 e. The van der Waals surface area contributed by atoms with Crippen LogP contribution in [0.15, 0.2) is 24.3 Å². The number of carbonyl (C=O) groups excluding carboxylic acids is 1. The number of aromatic amines is 1. The van der Waals surface area contributed by atoms with Gasteiger partial charge in [0.1, 0.15) is 11.2 Å². The minimum absolute atomic E-state index is 0.0946. The number of benzene rings is 1. The molecular formula is C15H15N3O5S. The number of para-hydroxylation sites is 1. The number of nitrogens with one attached hydrogen (secondary N) is 1. The lowest BCUT2D eigenvalue weighted by Gasteiger charge is -2.34. The van der Waals surface area contributed by atoms with Crippen LogP contribution in [-0.2, 0) is 4.79 Å². The Bertz CT molecular complexity index is 819. The molecule has 126 valence electrons. The van der Waals surface area contributed by atoms with Crippen LogP contribution in [0.5, 0.6) is 0 Å². The fraction of sp³-hybridized carbons (Fsp3) is 0.333. The number of aromatic nitrogens is 1. The third kappa shape index (κ3) is 3.07. The predicted octanol–water partition coefficient (Wildman–Crippen LogP) is 2.11. The molecule has 1 amide bonds. The first-order valence-electron chi connectivity index (χ1n) is 7.34. The van der Waals surface area contributed by atoms with E-state index >= 15 is 0 Å². The predicted molar refractivity (Wildman–Crippen MR) is 89.4 cm³/mol. The highest BCUT2D eigenvalue weighted by Crippen LogP contribution is 2.27. The first-order valence-corrected chi connectivity index (χ1v) is 8.49. The first-order chi connectivity index (χ1) is 11.5. The maximum atomic E-state index is 12.8. The van der Waals surface area contributed by atoms with E-state index in [1.165, 1.54) is 6.07 Å². The second-order valence-corrected chi connectivity index (χ2v) is 6.66. The Morgan fingerprint density at radius 1 is 1.46 bits per heavy atom. The van der Waals surface area contributed by atoms with Gasteiger partial charge in [-0.1, -0.05) is 12.1 Å². The molecular weight excluding hydrogens is 334 g/mol. The van der Waals surface area contributed by atoms with Gasteiger partial charge >= 0.3 is 5.97 Å². The molecule has 1 aromatic carbocycles. The number of H-pyrrole nitrogens is 1. The summed E-state index contributed by atoms with van der Waals surface area (Å²) in [5.74, 6) is 0.0281. The molecule has 9 heteroatoms. The number of carboxylic acid groups (broad SMARTS) is 1. The molecule has 1 fully saturated rings. The van der Waals surface area contributed by atoms with Crippen molar-refractivity contribution in [2.24, 2.45) is 0 Å². The van der Waals surface area contributed by atoms with Gasteiger partial charge in [-0.05, 0) is 6.07 Å². The monoisotopic (exact) mass is 349 g/mol. The molecule has 24 heavy (non-hydrogen) atoms. The molecule has 0 saturated carbocycles. The van der Waals surface area contributed by atoms with Crippen LogP contribution in [0.2, 0.25) is 0 Å². The number of amides is 1. The van der Waals surface area contributed by atoms with Gasteiger partial charge in [-0.2, -0.15) is 11.8 Å². The number of hydrogen-bond donors (Lipinski definition) is 2. The molecule has 1 atom stereocenters. The highest BCUT2D eigenvalue weighted by atomic mass is 32.2. The average Bonchev–Trinajstić information content (AvgIpc) is 2.98. The van der Waals surface area contributed by atoms with Gasteiger partial charge in [0.2, 0.25) is 0 Å². The Morgan fingerprint density at radius 3 is 2.96 bits per heavy atom. The standard InChI is InChI=1S/C15H15N3O5S/c19-13(20)7-10-8-24-5-4-17(10)15(21)11-6-9-2-1-3-12(18(22)23)14(9)16-11/h1-3,6,10,16H,4-5,7-8H2,(H,19,20). The van der Waals surface area contributed by atoms with Crippen molar-refractivity contribution in [3.05, 3.63) is 40.1 Å². The number of rotatable bonds is 4. The lowest BCUT2D eigenvalue weighted by atomic mass is 10.1. The largest absolute Gasteiger partial charge is 0.481 e. The van der Waals surface area contributed by atoms with Crippen molar-refractivity contribution in [2.45, 2.75) is 12.5 Å². The summed E-state index contributed by atoms with van der Waals surface area (Å²) in [6.07, 6.45) is -0.112. The van der Waals surface area contributed by atoms with Gasteiger partial charge in [0, 0.05) is 29.5 Å². The Kier molecular flexibility index (Phi) is 4.43. The minimum Gasteiger partial charge on any atom is -0.481 e. The Labute approximate surface area is 141 Å². The Morgan fingerprint density at radius 2 is 2.25 bits per heavy atom. The summed E-state index contributed by atoms with van der Waals surface area (Å²) in [4.78, 5) is 38.7. The van der Waals surface area contributed by atoms with Crippen LogP contribution in [0.25, 0.3) is 10.9 Å². The Hall–Kier alpha value is -2.55. The number of carboxylic acids is 1. The maximum absolute atomic E-state index is 12.8. The summed E-state index contributed by atoms with van der Waals surface area (Å²) >= 11 is 1.62. The zero-order valence-corrected chi connectivity index (χ0v) is 13.4. The molecule has 2 N–H and O–H groups in total. The zero-order valence-electron chi connectivity index (χ0n) is 12.6. The number of fused-ring (bicyclic) bond motifs is 1. The number of non-ortho nitro benzene ring substituents is 1. The van der Waals surface area contributed by atoms with Crippen LogP contribution in [-0.4, -0.2) is 55.9 Å². The Balaban J connectivity index is 1.94. The van der Waals surface area contributed by atoms with Crippen molar-refractivity contribution in [2.75, 3.05) is 18.1 Å². The summed E-state index contributed by atoms with van der Waals surface area (Å²) in [5, 5.41) is 20.7. The summed E-state index contributed by atoms with van der Waals surface area (Å²) in [5.41, 5.74) is 0.441. The summed E-state index contributed by atoms with van der Waals surface area (Å²) in [6.45, 7) is 0.457. The average molecular weight is 349 g/mol. The molecule has 0 spiro atoms. The quantitative estimate of drug-likeness (QED) is 0.645. The van der Waals surface area contributed by atoms with Crippen molar-refractivity contribution in [1.29, 1.82) is 0 Å². The SMILES string of the molecule is O=C(O)CC1CSCCN1C(=O)c1cc2cccc([N+](=O)[O-])c2[nH]1. The van der Waals surface area contributed by atoms with Gasteiger partial charge in [-0.15, -0.1) is 0 Å². The van der Waals surface area contributed by atoms with Crippen molar-refractivity contribution < 1.29 is 19.6 Å². The topological polar surface area (TPSA) is 117 Å². The molecule has 0 radical (unpaired) electrons. The van der Waals surface area contributed by atoms with Gasteiger partial charge in [0.15, 0.2) is 0 Å². The summed E-state index contributed by atoms with van der Waals surface area (Å²) in [6, 6.07) is 5.82. The number of nitro benzene ring substituents is 1. The summed E-state index contributed by atoms with van der Waals surface area (Å²) < 4.78 is 0. The molecule has 1 unspecified atom stereocenters. The van der Waals surface area contributed by atoms with E-state index in [1.807, 2.05) is 0 Å². The second-order valence-electron chi connectivity index (χ2n) is 5.51. The van der Waals surface area contributed by atoms with E-state index in [1.54, 1.807) is 34.9 Å². The van der Waals surface area contributed by atoms with Crippen molar-refractivity contribution in [1.82, 2.24) is 9.88 Å². The van der Waals surface area contributed by atoms with Crippen molar-refractivity contribution >= 4 is 40.2 Å². The normalized spacial score (nSPS) is 17.8. The fourth-order valence-electron chi connectivity index (χ4n) is 2.86. The lowest BCUT2D eigenvalue weighted by molar-refractivity contribution is -0.383. The van der Waals surface area contributed by atoms with Gasteiger partial charge in [0.25, 0.3) is 11.6 Å². The fourth-order valence-corrected chi connectivity index (χ4v) is 3.92. The molecule has 3 rings (SSSR count). The number of aliphatic carboxylic acids is 1. The number of carbonyl (C=O) groups is 2. The second kappa shape index (κ2) is 6.52. The van der Waals surface area contributed by atoms with E-state index in [-0.39, 0.29) is 29.8 Å². The number of thioether (sulfide) groups is 1. The number of hydrogen-bond acceptors (Lipinski definition) is 5. The van der Waals surface area contributed by atoms with E-state index in [2.05, 4.69) is 4.98 Å².